The Morgan fingerprint density at radius 3 is 2.76 bits per heavy atom. The number of carbonyl (C=O) groups is 1. The number of nitrogens with zero attached hydrogens (tertiary/aromatic N) is 1. The number of esters is 1. The van der Waals surface area contributed by atoms with E-state index in [1.165, 1.54) is 13.1 Å². The van der Waals surface area contributed by atoms with E-state index in [1.54, 1.807) is 0 Å². The van der Waals surface area contributed by atoms with Crippen LogP contribution in [0, 0.1) is 6.92 Å². The first-order valence-electron chi connectivity index (χ1n) is 6.28. The van der Waals surface area contributed by atoms with Crippen LogP contribution in [0.2, 0.25) is 0 Å². The molecule has 0 saturated carbocycles. The lowest BCUT2D eigenvalue weighted by molar-refractivity contribution is -0.156. The third-order valence-corrected chi connectivity index (χ3v) is 3.21. The van der Waals surface area contributed by atoms with Crippen molar-refractivity contribution in [2.24, 2.45) is 0 Å². The average molecular weight is 300 g/mol. The Hall–Kier alpha value is -1.97. The van der Waals surface area contributed by atoms with E-state index in [-0.39, 0.29) is 5.56 Å². The van der Waals surface area contributed by atoms with Crippen LogP contribution in [-0.2, 0) is 14.3 Å². The van der Waals surface area contributed by atoms with Gasteiger partial charge >= 0.3 is 11.7 Å². The molecule has 1 saturated heterocycles. The van der Waals surface area contributed by atoms with Crippen molar-refractivity contribution >= 4 is 5.97 Å². The first kappa shape index (κ1) is 15.4. The number of carbonyl (C=O) groups excluding carboxylic acids is 1. The van der Waals surface area contributed by atoms with Crippen LogP contribution in [0.4, 0.5) is 0 Å². The Balaban J connectivity index is 2.45. The number of aromatic amines is 1. The third-order valence-electron chi connectivity index (χ3n) is 3.21. The maximum Gasteiger partial charge on any atom is 0.330 e. The van der Waals surface area contributed by atoms with Gasteiger partial charge in [-0.15, -0.1) is 0 Å². The molecule has 0 aromatic carbocycles. The number of aryl methyl sites for hydroxylation is 1. The van der Waals surface area contributed by atoms with E-state index >= 15 is 0 Å². The van der Waals surface area contributed by atoms with Gasteiger partial charge in [0.15, 0.2) is 12.3 Å². The number of hydrogen-bond donors (Lipinski definition) is 3. The second kappa shape index (κ2) is 5.80. The molecule has 3 N–H and O–H groups in total. The zero-order valence-electron chi connectivity index (χ0n) is 11.5. The van der Waals surface area contributed by atoms with Crippen LogP contribution in [0.3, 0.4) is 0 Å². The minimum Gasteiger partial charge on any atom is -0.455 e. The molecule has 0 spiro atoms. The highest BCUT2D eigenvalue weighted by Crippen LogP contribution is 2.30. The monoisotopic (exact) mass is 300 g/mol. The van der Waals surface area contributed by atoms with Crippen LogP contribution in [0.5, 0.6) is 0 Å². The van der Waals surface area contributed by atoms with Crippen molar-refractivity contribution < 1.29 is 24.5 Å². The molecule has 0 aliphatic carbocycles. The first-order chi connectivity index (χ1) is 9.85. The summed E-state index contributed by atoms with van der Waals surface area (Å²) in [6.07, 6.45) is -3.34. The predicted octanol–water partition coefficient (Wildman–Crippen LogP) is -1.97. The van der Waals surface area contributed by atoms with Crippen molar-refractivity contribution in [2.75, 3.05) is 6.61 Å². The summed E-state index contributed by atoms with van der Waals surface area (Å²) in [5, 5.41) is 19.1. The maximum absolute atomic E-state index is 11.9. The summed E-state index contributed by atoms with van der Waals surface area (Å²) < 4.78 is 11.3. The summed E-state index contributed by atoms with van der Waals surface area (Å²) in [4.78, 5) is 36.4. The van der Waals surface area contributed by atoms with Gasteiger partial charge in [-0.05, 0) is 6.92 Å². The molecule has 21 heavy (non-hydrogen) atoms. The van der Waals surface area contributed by atoms with Gasteiger partial charge in [0.25, 0.3) is 5.56 Å². The molecular weight excluding hydrogens is 284 g/mol. The Morgan fingerprint density at radius 2 is 2.19 bits per heavy atom. The summed E-state index contributed by atoms with van der Waals surface area (Å²) in [5.74, 6) is -0.666. The maximum atomic E-state index is 11.9. The Labute approximate surface area is 118 Å². The summed E-state index contributed by atoms with van der Waals surface area (Å²) in [6.45, 7) is 2.13. The smallest absolute Gasteiger partial charge is 0.330 e. The number of hydrogen-bond acceptors (Lipinski definition) is 7. The molecule has 1 aliphatic rings. The normalized spacial score (nSPS) is 28.6. The first-order valence-corrected chi connectivity index (χ1v) is 6.28. The molecule has 1 aromatic rings. The molecule has 9 heteroatoms. The number of H-pyrrole nitrogens is 1. The molecule has 4 atom stereocenters. The lowest BCUT2D eigenvalue weighted by Crippen LogP contribution is -2.40. The number of aromatic nitrogens is 2. The van der Waals surface area contributed by atoms with Crippen LogP contribution in [0.15, 0.2) is 15.8 Å². The highest BCUT2D eigenvalue weighted by atomic mass is 16.6. The zero-order chi connectivity index (χ0) is 15.7. The molecule has 0 amide bonds. The third kappa shape index (κ3) is 2.89. The summed E-state index contributed by atoms with van der Waals surface area (Å²) in [5.41, 5.74) is -1.06. The van der Waals surface area contributed by atoms with Gasteiger partial charge in [-0.2, -0.15) is 0 Å². The molecule has 116 valence electrons. The predicted molar refractivity (Wildman–Crippen MR) is 68.6 cm³/mol. The lowest BCUT2D eigenvalue weighted by atomic mass is 10.1. The molecule has 1 aromatic heterocycles. The minimum absolute atomic E-state index is 0.252. The lowest BCUT2D eigenvalue weighted by Gasteiger charge is -2.21. The van der Waals surface area contributed by atoms with Crippen molar-refractivity contribution in [3.63, 3.8) is 0 Å². The van der Waals surface area contributed by atoms with Gasteiger partial charge in [0, 0.05) is 18.7 Å². The number of rotatable bonds is 3. The molecule has 0 bridgehead atoms. The summed E-state index contributed by atoms with van der Waals surface area (Å²) in [6, 6.07) is 0. The van der Waals surface area contributed by atoms with Gasteiger partial charge in [-0.25, -0.2) is 4.79 Å². The van der Waals surface area contributed by atoms with E-state index < -0.39 is 48.4 Å². The molecule has 0 unspecified atom stereocenters. The van der Waals surface area contributed by atoms with E-state index in [0.29, 0.717) is 0 Å². The van der Waals surface area contributed by atoms with Crippen molar-refractivity contribution in [1.29, 1.82) is 0 Å². The van der Waals surface area contributed by atoms with Gasteiger partial charge in [0.1, 0.15) is 12.2 Å². The molecule has 1 fully saturated rings. The molecule has 2 heterocycles. The van der Waals surface area contributed by atoms with Gasteiger partial charge in [-0.3, -0.25) is 19.1 Å². The number of aliphatic hydroxyl groups excluding tert-OH is 2. The summed E-state index contributed by atoms with van der Waals surface area (Å²) in [7, 11) is 0. The van der Waals surface area contributed by atoms with E-state index in [0.717, 1.165) is 11.5 Å². The Kier molecular flexibility index (Phi) is 4.26. The van der Waals surface area contributed by atoms with Crippen molar-refractivity contribution in [3.8, 4) is 0 Å². The Bertz CT molecular complexity index is 650. The van der Waals surface area contributed by atoms with Crippen LogP contribution >= 0.6 is 0 Å². The zero-order valence-corrected chi connectivity index (χ0v) is 11.5. The molecule has 0 radical (unpaired) electrons. The number of ether oxygens (including phenoxy) is 2. The van der Waals surface area contributed by atoms with Crippen molar-refractivity contribution in [2.45, 2.75) is 38.4 Å². The fourth-order valence-electron chi connectivity index (χ4n) is 2.19. The van der Waals surface area contributed by atoms with E-state index in [4.69, 9.17) is 14.6 Å². The Morgan fingerprint density at radius 1 is 1.52 bits per heavy atom. The molecule has 1 aliphatic heterocycles. The van der Waals surface area contributed by atoms with E-state index in [1.807, 2.05) is 0 Å². The van der Waals surface area contributed by atoms with Gasteiger partial charge in [0.05, 0.1) is 6.61 Å². The van der Waals surface area contributed by atoms with Crippen molar-refractivity contribution in [1.82, 2.24) is 9.55 Å². The summed E-state index contributed by atoms with van der Waals surface area (Å²) >= 11 is 0. The van der Waals surface area contributed by atoms with Crippen LogP contribution < -0.4 is 11.2 Å². The van der Waals surface area contributed by atoms with Crippen LogP contribution in [0.1, 0.15) is 18.7 Å². The number of aliphatic hydroxyl groups is 2. The quantitative estimate of drug-likeness (QED) is 0.552. The van der Waals surface area contributed by atoms with Gasteiger partial charge in [0.2, 0.25) is 0 Å². The molecular formula is C12H16N2O7. The van der Waals surface area contributed by atoms with Crippen LogP contribution in [-0.4, -0.2) is 50.7 Å². The topological polar surface area (TPSA) is 131 Å². The minimum atomic E-state index is -1.29. The van der Waals surface area contributed by atoms with E-state index in [2.05, 4.69) is 4.98 Å². The van der Waals surface area contributed by atoms with Crippen molar-refractivity contribution in [3.05, 3.63) is 32.6 Å². The van der Waals surface area contributed by atoms with Gasteiger partial charge < -0.3 is 19.7 Å². The average Bonchev–Trinajstić information content (AvgIpc) is 2.71. The fraction of sp³-hybridized carbons (Fsp3) is 0.583. The van der Waals surface area contributed by atoms with E-state index in [9.17, 15) is 19.5 Å². The largest absolute Gasteiger partial charge is 0.455 e. The number of nitrogens with one attached hydrogen (secondary N) is 1. The molecule has 2 rings (SSSR count). The fourth-order valence-corrected chi connectivity index (χ4v) is 2.19. The van der Waals surface area contributed by atoms with Gasteiger partial charge in [-0.1, -0.05) is 0 Å². The SMILES string of the molecule is CC(=O)O[C@@H]1[C@@H](O)[C@H](CO)O[C@H]1n1cc(C)c(=O)[nH]c1=O. The van der Waals surface area contributed by atoms with Crippen LogP contribution in [0.25, 0.3) is 0 Å². The molecule has 9 nitrogen and oxygen atoms in total. The second-order valence-corrected chi connectivity index (χ2v) is 4.79. The highest BCUT2D eigenvalue weighted by molar-refractivity contribution is 5.66. The standard InChI is InChI=1S/C12H16N2O7/c1-5-3-14(12(19)13-10(5)18)11-9(20-6(2)16)8(17)7(4-15)21-11/h3,7-9,11,15,17H,4H2,1-2H3,(H,13,18,19)/t7-,8-,9+,11+/m0/s1. The highest BCUT2D eigenvalue weighted by Gasteiger charge is 2.47. The second-order valence-electron chi connectivity index (χ2n) is 4.79.